The number of nitrogens with zero attached hydrogens (tertiary/aromatic N) is 2. The number of hydrogen-bond acceptors (Lipinski definition) is 3. The van der Waals surface area contributed by atoms with E-state index < -0.39 is 0 Å². The molecule has 0 bridgehead atoms. The number of amides is 2. The lowest BCUT2D eigenvalue weighted by atomic mass is 10.4. The molecule has 2 rings (SSSR count). The van der Waals surface area contributed by atoms with E-state index in [1.54, 1.807) is 12.3 Å². The molecule has 5 nitrogen and oxygen atoms in total. The van der Waals surface area contributed by atoms with Crippen LogP contribution < -0.4 is 0 Å². The lowest BCUT2D eigenvalue weighted by molar-refractivity contribution is -0.137. The third-order valence-electron chi connectivity index (χ3n) is 1.79. The summed E-state index contributed by atoms with van der Waals surface area (Å²) in [5, 5.41) is 6.40. The predicted octanol–water partition coefficient (Wildman–Crippen LogP) is -0.165. The van der Waals surface area contributed by atoms with Crippen LogP contribution in [0.4, 0.5) is 0 Å². The van der Waals surface area contributed by atoms with Crippen LogP contribution in [0.1, 0.15) is 5.69 Å². The van der Waals surface area contributed by atoms with Crippen molar-refractivity contribution in [2.75, 3.05) is 0 Å². The summed E-state index contributed by atoms with van der Waals surface area (Å²) in [7, 11) is 0. The first kappa shape index (κ1) is 7.72. The van der Waals surface area contributed by atoms with E-state index in [0.29, 0.717) is 0 Å². The Bertz CT molecular complexity index is 349. The van der Waals surface area contributed by atoms with E-state index in [1.165, 1.54) is 12.2 Å². The molecule has 0 radical (unpaired) electrons. The molecule has 0 spiro atoms. The highest BCUT2D eigenvalue weighted by molar-refractivity contribution is 6.12. The minimum Gasteiger partial charge on any atom is -0.281 e. The van der Waals surface area contributed by atoms with Gasteiger partial charge in [0.05, 0.1) is 12.2 Å². The van der Waals surface area contributed by atoms with Crippen molar-refractivity contribution in [1.82, 2.24) is 15.1 Å². The van der Waals surface area contributed by atoms with Gasteiger partial charge in [0.25, 0.3) is 11.8 Å². The van der Waals surface area contributed by atoms with Crippen molar-refractivity contribution >= 4 is 11.8 Å². The van der Waals surface area contributed by atoms with Crippen LogP contribution in [0.15, 0.2) is 24.4 Å². The fourth-order valence-corrected chi connectivity index (χ4v) is 1.13. The Kier molecular flexibility index (Phi) is 1.70. The first-order chi connectivity index (χ1) is 6.27. The molecule has 1 aliphatic heterocycles. The van der Waals surface area contributed by atoms with Gasteiger partial charge in [0, 0.05) is 18.3 Å². The van der Waals surface area contributed by atoms with Crippen LogP contribution in [0.2, 0.25) is 0 Å². The third-order valence-corrected chi connectivity index (χ3v) is 1.79. The molecule has 66 valence electrons. The van der Waals surface area contributed by atoms with Crippen molar-refractivity contribution in [2.24, 2.45) is 0 Å². The van der Waals surface area contributed by atoms with Gasteiger partial charge in [-0.05, 0) is 6.07 Å². The minimum atomic E-state index is -0.278. The number of carbonyl (C=O) groups excluding carboxylic acids is 2. The van der Waals surface area contributed by atoms with Crippen molar-refractivity contribution in [3.05, 3.63) is 30.1 Å². The maximum atomic E-state index is 11.1. The molecule has 0 saturated carbocycles. The molecule has 1 aliphatic rings. The first-order valence-electron chi connectivity index (χ1n) is 3.79. The summed E-state index contributed by atoms with van der Waals surface area (Å²) in [6.45, 7) is 0.255. The zero-order valence-corrected chi connectivity index (χ0v) is 6.73. The van der Waals surface area contributed by atoms with Crippen molar-refractivity contribution in [1.29, 1.82) is 0 Å². The molecule has 2 heterocycles. The van der Waals surface area contributed by atoms with Crippen LogP contribution in [-0.4, -0.2) is 26.9 Å². The summed E-state index contributed by atoms with van der Waals surface area (Å²) in [5.74, 6) is -0.556. The molecular formula is C8H7N3O2. The normalized spacial score (nSPS) is 15.8. The van der Waals surface area contributed by atoms with Crippen LogP contribution in [0.25, 0.3) is 0 Å². The van der Waals surface area contributed by atoms with Gasteiger partial charge in [0.1, 0.15) is 0 Å². The van der Waals surface area contributed by atoms with Crippen molar-refractivity contribution in [3.8, 4) is 0 Å². The van der Waals surface area contributed by atoms with E-state index in [9.17, 15) is 9.59 Å². The van der Waals surface area contributed by atoms with Crippen LogP contribution in [-0.2, 0) is 16.1 Å². The van der Waals surface area contributed by atoms with Gasteiger partial charge in [-0.2, -0.15) is 5.10 Å². The lowest BCUT2D eigenvalue weighted by Gasteiger charge is -2.11. The standard InChI is InChI=1S/C8H7N3O2/c12-7-1-2-8(13)11(7)5-6-3-4-9-10-6/h1-4H,5H2,(H,9,10). The summed E-state index contributed by atoms with van der Waals surface area (Å²) in [4.78, 5) is 23.3. The molecule has 0 unspecified atom stereocenters. The minimum absolute atomic E-state index is 0.255. The molecule has 5 heteroatoms. The molecule has 0 fully saturated rings. The van der Waals surface area contributed by atoms with Gasteiger partial charge in [-0.15, -0.1) is 0 Å². The Morgan fingerprint density at radius 1 is 1.31 bits per heavy atom. The van der Waals surface area contributed by atoms with Gasteiger partial charge in [-0.1, -0.05) is 0 Å². The summed E-state index contributed by atoms with van der Waals surface area (Å²) >= 11 is 0. The number of hydrogen-bond donors (Lipinski definition) is 1. The molecule has 0 aliphatic carbocycles. The summed E-state index contributed by atoms with van der Waals surface area (Å²) in [5.41, 5.74) is 0.741. The van der Waals surface area contributed by atoms with Gasteiger partial charge in [-0.25, -0.2) is 0 Å². The molecule has 1 N–H and O–H groups in total. The van der Waals surface area contributed by atoms with Crippen LogP contribution >= 0.6 is 0 Å². The Hall–Kier alpha value is -1.91. The Balaban J connectivity index is 2.11. The Labute approximate surface area is 74.0 Å². The second-order valence-electron chi connectivity index (χ2n) is 2.68. The van der Waals surface area contributed by atoms with E-state index >= 15 is 0 Å². The predicted molar refractivity (Wildman–Crippen MR) is 43.3 cm³/mol. The second kappa shape index (κ2) is 2.85. The molecule has 0 atom stereocenters. The lowest BCUT2D eigenvalue weighted by Crippen LogP contribution is -2.29. The van der Waals surface area contributed by atoms with Gasteiger partial charge in [-0.3, -0.25) is 19.6 Å². The zero-order valence-electron chi connectivity index (χ0n) is 6.73. The number of nitrogens with one attached hydrogen (secondary N) is 1. The molecule has 0 saturated heterocycles. The van der Waals surface area contributed by atoms with E-state index in [4.69, 9.17) is 0 Å². The molecular weight excluding hydrogens is 170 g/mol. The average Bonchev–Trinajstić information content (AvgIpc) is 2.70. The maximum Gasteiger partial charge on any atom is 0.253 e. The van der Waals surface area contributed by atoms with E-state index in [-0.39, 0.29) is 18.4 Å². The highest BCUT2D eigenvalue weighted by Gasteiger charge is 2.23. The molecule has 1 aromatic rings. The van der Waals surface area contributed by atoms with E-state index in [1.807, 2.05) is 0 Å². The third kappa shape index (κ3) is 1.35. The van der Waals surface area contributed by atoms with Gasteiger partial charge in [0.2, 0.25) is 0 Å². The summed E-state index contributed by atoms with van der Waals surface area (Å²) in [6.07, 6.45) is 4.10. The second-order valence-corrected chi connectivity index (χ2v) is 2.68. The monoisotopic (exact) mass is 177 g/mol. The SMILES string of the molecule is O=C1C=CC(=O)N1Cc1ccn[nH]1. The highest BCUT2D eigenvalue weighted by atomic mass is 16.2. The first-order valence-corrected chi connectivity index (χ1v) is 3.79. The number of rotatable bonds is 2. The quantitative estimate of drug-likeness (QED) is 0.638. The molecule has 13 heavy (non-hydrogen) atoms. The van der Waals surface area contributed by atoms with Crippen LogP contribution in [0.5, 0.6) is 0 Å². The smallest absolute Gasteiger partial charge is 0.253 e. The number of aromatic nitrogens is 2. The average molecular weight is 177 g/mol. The number of H-pyrrole nitrogens is 1. The van der Waals surface area contributed by atoms with Crippen LogP contribution in [0.3, 0.4) is 0 Å². The van der Waals surface area contributed by atoms with Gasteiger partial charge < -0.3 is 0 Å². The highest BCUT2D eigenvalue weighted by Crippen LogP contribution is 2.07. The van der Waals surface area contributed by atoms with E-state index in [0.717, 1.165) is 10.6 Å². The zero-order chi connectivity index (χ0) is 9.26. The summed E-state index contributed by atoms with van der Waals surface area (Å²) < 4.78 is 0. The fourth-order valence-electron chi connectivity index (χ4n) is 1.13. The Morgan fingerprint density at radius 3 is 2.54 bits per heavy atom. The van der Waals surface area contributed by atoms with Crippen LogP contribution in [0, 0.1) is 0 Å². The number of carbonyl (C=O) groups is 2. The molecule has 0 aromatic carbocycles. The molecule has 1 aromatic heterocycles. The van der Waals surface area contributed by atoms with Crippen molar-refractivity contribution < 1.29 is 9.59 Å². The van der Waals surface area contributed by atoms with Gasteiger partial charge >= 0.3 is 0 Å². The van der Waals surface area contributed by atoms with Gasteiger partial charge in [0.15, 0.2) is 0 Å². The topological polar surface area (TPSA) is 66.1 Å². The van der Waals surface area contributed by atoms with Crippen molar-refractivity contribution in [3.63, 3.8) is 0 Å². The Morgan fingerprint density at radius 2 is 2.00 bits per heavy atom. The van der Waals surface area contributed by atoms with E-state index in [2.05, 4.69) is 10.2 Å². The summed E-state index contributed by atoms with van der Waals surface area (Å²) in [6, 6.07) is 1.72. The number of aromatic amines is 1. The maximum absolute atomic E-state index is 11.1. The van der Waals surface area contributed by atoms with Crippen molar-refractivity contribution in [2.45, 2.75) is 6.54 Å². The number of imide groups is 1. The largest absolute Gasteiger partial charge is 0.281 e. The fraction of sp³-hybridized carbons (Fsp3) is 0.125. The molecule has 2 amide bonds.